The van der Waals surface area contributed by atoms with Gasteiger partial charge in [-0.15, -0.1) is 0 Å². The highest BCUT2D eigenvalue weighted by atomic mass is 16.5. The molecule has 0 bridgehead atoms. The molecule has 10 unspecified atom stereocenters. The lowest BCUT2D eigenvalue weighted by Crippen LogP contribution is -2.77. The topological polar surface area (TPSA) is 86.7 Å². The predicted octanol–water partition coefficient (Wildman–Crippen LogP) is 5.40. The van der Waals surface area contributed by atoms with Gasteiger partial charge in [-0.1, -0.05) is 60.1 Å². The molecule has 5 aliphatic carbocycles. The zero-order valence-corrected chi connectivity index (χ0v) is 22.8. The third kappa shape index (κ3) is 2.65. The second kappa shape index (κ2) is 7.33. The number of aliphatic hydroxyl groups is 3. The molecule has 34 heavy (non-hydrogen) atoms. The van der Waals surface area contributed by atoms with Crippen LogP contribution in [0, 0.1) is 50.7 Å². The highest BCUT2D eigenvalue weighted by molar-refractivity contribution is 5.38. The first-order chi connectivity index (χ1) is 15.6. The van der Waals surface area contributed by atoms with Crippen molar-refractivity contribution in [3.05, 3.63) is 11.6 Å². The second-order valence-corrected chi connectivity index (χ2v) is 14.8. The predicted molar refractivity (Wildman–Crippen MR) is 137 cm³/mol. The van der Waals surface area contributed by atoms with E-state index in [0.717, 1.165) is 57.8 Å². The number of aliphatic hydroxyl groups excluding tert-OH is 2. The fourth-order valence-corrected chi connectivity index (χ4v) is 11.0. The van der Waals surface area contributed by atoms with Crippen molar-refractivity contribution in [2.75, 3.05) is 0 Å². The Kier molecular flexibility index (Phi) is 5.44. The van der Waals surface area contributed by atoms with Gasteiger partial charge in [0.25, 0.3) is 0 Å². The summed E-state index contributed by atoms with van der Waals surface area (Å²) >= 11 is 0. The molecule has 4 nitrogen and oxygen atoms in total. The lowest BCUT2D eigenvalue weighted by molar-refractivity contribution is -0.234. The second-order valence-electron chi connectivity index (χ2n) is 14.8. The Balaban J connectivity index is 1.65. The van der Waals surface area contributed by atoms with E-state index in [1.54, 1.807) is 0 Å². The molecule has 0 radical (unpaired) electrons. The average molecular weight is 474 g/mol. The fraction of sp³-hybridized carbons (Fsp3) is 0.933. The monoisotopic (exact) mass is 473 g/mol. The van der Waals surface area contributed by atoms with Crippen molar-refractivity contribution < 1.29 is 15.3 Å². The van der Waals surface area contributed by atoms with Crippen LogP contribution in [-0.4, -0.2) is 33.3 Å². The van der Waals surface area contributed by atoms with Gasteiger partial charge in [-0.05, 0) is 103 Å². The molecule has 10 atom stereocenters. The van der Waals surface area contributed by atoms with Crippen molar-refractivity contribution in [3.8, 4) is 0 Å². The maximum absolute atomic E-state index is 10.9. The van der Waals surface area contributed by atoms with Gasteiger partial charge in [0.15, 0.2) is 6.29 Å². The Hall–Kier alpha value is -0.420. The molecule has 0 spiro atoms. The minimum Gasteiger partial charge on any atom is -0.393 e. The van der Waals surface area contributed by atoms with Crippen molar-refractivity contribution in [3.63, 3.8) is 0 Å². The van der Waals surface area contributed by atoms with Gasteiger partial charge >= 0.3 is 0 Å². The lowest BCUT2D eigenvalue weighted by Gasteiger charge is -2.75. The van der Waals surface area contributed by atoms with Crippen LogP contribution in [0.25, 0.3) is 0 Å². The normalized spacial score (nSPS) is 56.6. The van der Waals surface area contributed by atoms with Crippen LogP contribution < -0.4 is 5.73 Å². The average Bonchev–Trinajstić information content (AvgIpc) is 2.76. The van der Waals surface area contributed by atoms with Gasteiger partial charge in [0.05, 0.1) is 6.10 Å². The first-order valence-corrected chi connectivity index (χ1v) is 14.2. The number of hydrogen-bond donors (Lipinski definition) is 4. The lowest BCUT2D eigenvalue weighted by atomic mass is 9.31. The molecular weight excluding hydrogens is 422 g/mol. The zero-order valence-electron chi connectivity index (χ0n) is 22.8. The largest absolute Gasteiger partial charge is 0.393 e. The maximum Gasteiger partial charge on any atom is 0.157 e. The smallest absolute Gasteiger partial charge is 0.157 e. The van der Waals surface area contributed by atoms with Crippen molar-refractivity contribution in [2.24, 2.45) is 56.5 Å². The van der Waals surface area contributed by atoms with E-state index >= 15 is 0 Å². The number of hydrogen-bond acceptors (Lipinski definition) is 4. The summed E-state index contributed by atoms with van der Waals surface area (Å²) in [6, 6.07) is 0. The Morgan fingerprint density at radius 1 is 0.912 bits per heavy atom. The van der Waals surface area contributed by atoms with E-state index < -0.39 is 11.7 Å². The summed E-state index contributed by atoms with van der Waals surface area (Å²) < 4.78 is 0. The summed E-state index contributed by atoms with van der Waals surface area (Å²) in [5.74, 6) is 1.65. The van der Waals surface area contributed by atoms with E-state index in [-0.39, 0.29) is 39.2 Å². The van der Waals surface area contributed by atoms with Crippen molar-refractivity contribution in [2.45, 2.75) is 124 Å². The number of rotatable bonds is 1. The molecule has 194 valence electrons. The molecule has 5 rings (SSSR count). The van der Waals surface area contributed by atoms with Gasteiger partial charge in [0, 0.05) is 11.0 Å². The standard InChI is InChI=1S/C30H51NO3/c1-18-8-14-29(24(33)34)17-16-26(5)20(23(29)19(18)2)9-15-30(31)27(6)12-11-22(32)25(3,4)21(27)10-13-28(26,30)7/h9,18-19,21-24,32-34H,8,10-17,31H2,1-7H3. The van der Waals surface area contributed by atoms with Crippen LogP contribution in [0.3, 0.4) is 0 Å². The number of allylic oxidation sites excluding steroid dienone is 1. The first-order valence-electron chi connectivity index (χ1n) is 14.2. The van der Waals surface area contributed by atoms with E-state index in [9.17, 15) is 15.3 Å². The van der Waals surface area contributed by atoms with Gasteiger partial charge in [-0.25, -0.2) is 0 Å². The van der Waals surface area contributed by atoms with Crippen molar-refractivity contribution >= 4 is 0 Å². The van der Waals surface area contributed by atoms with Gasteiger partial charge in [-0.2, -0.15) is 0 Å². The van der Waals surface area contributed by atoms with E-state index in [1.165, 1.54) is 5.57 Å². The zero-order chi connectivity index (χ0) is 25.1. The Morgan fingerprint density at radius 2 is 1.59 bits per heavy atom. The van der Waals surface area contributed by atoms with E-state index in [0.29, 0.717) is 17.8 Å². The maximum atomic E-state index is 10.9. The summed E-state index contributed by atoms with van der Waals surface area (Å²) in [6.45, 7) is 16.6. The molecule has 4 fully saturated rings. The van der Waals surface area contributed by atoms with Crippen LogP contribution in [0.1, 0.15) is 106 Å². The molecule has 0 heterocycles. The molecule has 5 aliphatic rings. The van der Waals surface area contributed by atoms with Crippen LogP contribution in [0.4, 0.5) is 0 Å². The van der Waals surface area contributed by atoms with E-state index in [4.69, 9.17) is 5.73 Å². The van der Waals surface area contributed by atoms with Crippen LogP contribution in [0.15, 0.2) is 11.6 Å². The molecule has 5 N–H and O–H groups in total. The van der Waals surface area contributed by atoms with Gasteiger partial charge in [0.2, 0.25) is 0 Å². The first kappa shape index (κ1) is 25.2. The Labute approximate surface area is 207 Å². The molecule has 0 saturated heterocycles. The van der Waals surface area contributed by atoms with Gasteiger partial charge in [0.1, 0.15) is 0 Å². The van der Waals surface area contributed by atoms with Crippen LogP contribution in [0.5, 0.6) is 0 Å². The molecule has 0 aromatic heterocycles. The van der Waals surface area contributed by atoms with Gasteiger partial charge < -0.3 is 21.1 Å². The molecule has 0 aromatic carbocycles. The van der Waals surface area contributed by atoms with Crippen molar-refractivity contribution in [1.82, 2.24) is 0 Å². The molecule has 0 amide bonds. The van der Waals surface area contributed by atoms with Crippen molar-refractivity contribution in [1.29, 1.82) is 0 Å². The SMILES string of the molecule is CC1CCC2(C(O)O)CCC3(C)C(=CCC4(N)C5(C)CCC(O)C(C)(C)C5CCC34C)C2C1C. The third-order valence-electron chi connectivity index (χ3n) is 13.9. The van der Waals surface area contributed by atoms with E-state index in [2.05, 4.69) is 54.5 Å². The highest BCUT2D eigenvalue weighted by Crippen LogP contribution is 2.76. The molecule has 4 saturated carbocycles. The number of nitrogens with two attached hydrogens (primary N) is 1. The summed E-state index contributed by atoms with van der Waals surface area (Å²) in [5, 5.41) is 32.4. The Bertz CT molecular complexity index is 882. The van der Waals surface area contributed by atoms with Gasteiger partial charge in [-0.3, -0.25) is 0 Å². The Morgan fingerprint density at radius 3 is 2.24 bits per heavy atom. The third-order valence-corrected chi connectivity index (χ3v) is 13.9. The summed E-state index contributed by atoms with van der Waals surface area (Å²) in [5.41, 5.74) is 8.25. The minimum absolute atomic E-state index is 0.0235. The molecule has 4 heteroatoms. The summed E-state index contributed by atoms with van der Waals surface area (Å²) in [6.07, 6.45) is 9.70. The van der Waals surface area contributed by atoms with Crippen LogP contribution in [0.2, 0.25) is 0 Å². The fourth-order valence-electron chi connectivity index (χ4n) is 11.0. The summed E-state index contributed by atoms with van der Waals surface area (Å²) in [7, 11) is 0. The number of fused-ring (bicyclic) bond motifs is 7. The summed E-state index contributed by atoms with van der Waals surface area (Å²) in [4.78, 5) is 0. The molecule has 0 aromatic rings. The van der Waals surface area contributed by atoms with Crippen LogP contribution >= 0.6 is 0 Å². The van der Waals surface area contributed by atoms with E-state index in [1.807, 2.05) is 0 Å². The van der Waals surface area contributed by atoms with Crippen LogP contribution in [-0.2, 0) is 0 Å². The minimum atomic E-state index is -1.26. The highest BCUT2D eigenvalue weighted by Gasteiger charge is 2.73. The molecular formula is C30H51NO3. The molecule has 0 aliphatic heterocycles. The quantitative estimate of drug-likeness (QED) is 0.303.